The third-order valence-electron chi connectivity index (χ3n) is 2.50. The summed E-state index contributed by atoms with van der Waals surface area (Å²) in [5, 5.41) is -0.781. The molecule has 1 aromatic carbocycles. The number of halogens is 7. The van der Waals surface area contributed by atoms with Crippen LogP contribution < -0.4 is 0 Å². The van der Waals surface area contributed by atoms with Crippen LogP contribution in [0.15, 0.2) is 30.3 Å². The van der Waals surface area contributed by atoms with E-state index in [1.54, 1.807) is 0 Å². The highest BCUT2D eigenvalue weighted by Crippen LogP contribution is 2.38. The zero-order valence-electron chi connectivity index (χ0n) is 9.93. The Labute approximate surface area is 119 Å². The summed E-state index contributed by atoms with van der Waals surface area (Å²) < 4.78 is 76.5. The molecule has 0 fully saturated rings. The molecule has 112 valence electrons. The molecule has 0 spiro atoms. The lowest BCUT2D eigenvalue weighted by molar-refractivity contribution is -0.141. The van der Waals surface area contributed by atoms with Gasteiger partial charge in [0, 0.05) is 5.56 Å². The van der Waals surface area contributed by atoms with Crippen molar-refractivity contribution in [2.45, 2.75) is 12.4 Å². The van der Waals surface area contributed by atoms with Gasteiger partial charge < -0.3 is 0 Å². The molecule has 0 aliphatic rings. The number of alkyl halides is 6. The Bertz CT molecular complexity index is 666. The molecular weight excluding hydrogens is 322 g/mol. The van der Waals surface area contributed by atoms with E-state index < -0.39 is 40.2 Å². The molecule has 0 saturated heterocycles. The van der Waals surface area contributed by atoms with Crippen molar-refractivity contribution in [1.29, 1.82) is 0 Å². The predicted octanol–water partition coefficient (Wildman–Crippen LogP) is 4.83. The summed E-state index contributed by atoms with van der Waals surface area (Å²) in [4.78, 5) is 6.42. The van der Waals surface area contributed by atoms with Crippen LogP contribution in [0, 0.1) is 0 Å². The van der Waals surface area contributed by atoms with Gasteiger partial charge in [-0.1, -0.05) is 18.2 Å². The van der Waals surface area contributed by atoms with E-state index in [4.69, 9.17) is 11.6 Å². The molecule has 21 heavy (non-hydrogen) atoms. The first-order valence-corrected chi connectivity index (χ1v) is 5.75. The third kappa shape index (κ3) is 3.44. The van der Waals surface area contributed by atoms with Crippen molar-refractivity contribution in [3.8, 4) is 11.3 Å². The van der Waals surface area contributed by atoms with E-state index in [2.05, 4.69) is 9.97 Å². The molecule has 0 N–H and O–H groups in total. The molecule has 0 bridgehead atoms. The average Bonchev–Trinajstić information content (AvgIpc) is 2.36. The summed E-state index contributed by atoms with van der Waals surface area (Å²) in [5.41, 5.74) is -3.56. The molecular formula is C12H5ClF6N2. The highest BCUT2D eigenvalue weighted by atomic mass is 35.5. The minimum absolute atomic E-state index is 0.427. The van der Waals surface area contributed by atoms with Gasteiger partial charge in [-0.3, -0.25) is 0 Å². The van der Waals surface area contributed by atoms with Crippen molar-refractivity contribution in [3.05, 3.63) is 46.9 Å². The van der Waals surface area contributed by atoms with E-state index in [9.17, 15) is 26.3 Å². The maximum Gasteiger partial charge on any atom is 0.433 e. The number of hydrogen-bond donors (Lipinski definition) is 0. The standard InChI is InChI=1S/C12H5ClF6N2/c13-10-20-8(5-9(21-10)12(17,18)19)6-3-1-2-4-7(6)11(14,15)16/h1-5H. The zero-order valence-corrected chi connectivity index (χ0v) is 10.7. The lowest BCUT2D eigenvalue weighted by Gasteiger charge is -2.13. The molecule has 0 amide bonds. The van der Waals surface area contributed by atoms with Gasteiger partial charge in [0.1, 0.15) is 5.69 Å². The summed E-state index contributed by atoms with van der Waals surface area (Å²) in [6, 6.07) is 4.57. The van der Waals surface area contributed by atoms with E-state index in [0.717, 1.165) is 18.2 Å². The van der Waals surface area contributed by atoms with Crippen molar-refractivity contribution in [1.82, 2.24) is 9.97 Å². The first-order chi connectivity index (χ1) is 9.59. The van der Waals surface area contributed by atoms with Crippen LogP contribution in [0.5, 0.6) is 0 Å². The van der Waals surface area contributed by atoms with E-state index in [0.29, 0.717) is 6.07 Å². The fraction of sp³-hybridized carbons (Fsp3) is 0.167. The average molecular weight is 327 g/mol. The maximum atomic E-state index is 12.9. The normalized spacial score (nSPS) is 12.5. The lowest BCUT2D eigenvalue weighted by atomic mass is 10.0. The molecule has 0 radical (unpaired) electrons. The van der Waals surface area contributed by atoms with Gasteiger partial charge in [0.15, 0.2) is 0 Å². The summed E-state index contributed by atoms with van der Waals surface area (Å²) in [5.74, 6) is 0. The highest BCUT2D eigenvalue weighted by molar-refractivity contribution is 6.28. The Morgan fingerprint density at radius 2 is 1.48 bits per heavy atom. The fourth-order valence-electron chi connectivity index (χ4n) is 1.65. The SMILES string of the molecule is FC(F)(F)c1cc(-c2ccccc2C(F)(F)F)nc(Cl)n1. The van der Waals surface area contributed by atoms with Gasteiger partial charge in [-0.05, 0) is 23.7 Å². The highest BCUT2D eigenvalue weighted by Gasteiger charge is 2.36. The first kappa shape index (κ1) is 15.6. The van der Waals surface area contributed by atoms with E-state index in [-0.39, 0.29) is 0 Å². The van der Waals surface area contributed by atoms with Crippen LogP contribution in [0.3, 0.4) is 0 Å². The van der Waals surface area contributed by atoms with Gasteiger partial charge in [0.2, 0.25) is 5.28 Å². The minimum atomic E-state index is -4.84. The Morgan fingerprint density at radius 1 is 0.857 bits per heavy atom. The number of hydrogen-bond acceptors (Lipinski definition) is 2. The van der Waals surface area contributed by atoms with Crippen molar-refractivity contribution >= 4 is 11.6 Å². The first-order valence-electron chi connectivity index (χ1n) is 5.37. The number of aromatic nitrogens is 2. The third-order valence-corrected chi connectivity index (χ3v) is 2.67. The van der Waals surface area contributed by atoms with Gasteiger partial charge >= 0.3 is 12.4 Å². The molecule has 9 heteroatoms. The van der Waals surface area contributed by atoms with Crippen LogP contribution in [0.2, 0.25) is 5.28 Å². The summed E-state index contributed by atoms with van der Waals surface area (Å²) in [6.07, 6.45) is -9.57. The molecule has 0 saturated carbocycles. The molecule has 2 aromatic rings. The van der Waals surface area contributed by atoms with Crippen molar-refractivity contribution in [3.63, 3.8) is 0 Å². The Morgan fingerprint density at radius 3 is 2.05 bits per heavy atom. The van der Waals surface area contributed by atoms with E-state index in [1.807, 2.05) is 0 Å². The number of benzene rings is 1. The topological polar surface area (TPSA) is 25.8 Å². The van der Waals surface area contributed by atoms with Crippen LogP contribution in [0.1, 0.15) is 11.3 Å². The maximum absolute atomic E-state index is 12.9. The fourth-order valence-corrected chi connectivity index (χ4v) is 1.84. The van der Waals surface area contributed by atoms with Crippen molar-refractivity contribution in [2.75, 3.05) is 0 Å². The quantitative estimate of drug-likeness (QED) is 0.554. The molecule has 0 atom stereocenters. The van der Waals surface area contributed by atoms with Crippen LogP contribution in [0.4, 0.5) is 26.3 Å². The van der Waals surface area contributed by atoms with Crippen LogP contribution in [0.25, 0.3) is 11.3 Å². The molecule has 0 unspecified atom stereocenters. The smallest absolute Gasteiger partial charge is 0.218 e. The van der Waals surface area contributed by atoms with Crippen molar-refractivity contribution < 1.29 is 26.3 Å². The molecule has 0 aliphatic carbocycles. The van der Waals surface area contributed by atoms with E-state index >= 15 is 0 Å². The Hall–Kier alpha value is -1.83. The van der Waals surface area contributed by atoms with Crippen molar-refractivity contribution in [2.24, 2.45) is 0 Å². The number of nitrogens with zero attached hydrogens (tertiary/aromatic N) is 2. The predicted molar refractivity (Wildman–Crippen MR) is 62.5 cm³/mol. The van der Waals surface area contributed by atoms with Crippen LogP contribution >= 0.6 is 11.6 Å². The Kier molecular flexibility index (Phi) is 3.83. The second-order valence-electron chi connectivity index (χ2n) is 3.95. The van der Waals surface area contributed by atoms with Gasteiger partial charge in [-0.2, -0.15) is 26.3 Å². The molecule has 1 heterocycles. The monoisotopic (exact) mass is 326 g/mol. The van der Waals surface area contributed by atoms with Crippen LogP contribution in [-0.4, -0.2) is 9.97 Å². The van der Waals surface area contributed by atoms with Gasteiger partial charge in [-0.15, -0.1) is 0 Å². The van der Waals surface area contributed by atoms with Crippen LogP contribution in [-0.2, 0) is 12.4 Å². The molecule has 0 aliphatic heterocycles. The van der Waals surface area contributed by atoms with Gasteiger partial charge in [0.05, 0.1) is 11.3 Å². The second-order valence-corrected chi connectivity index (χ2v) is 4.29. The van der Waals surface area contributed by atoms with Gasteiger partial charge in [0.25, 0.3) is 0 Å². The summed E-state index contributed by atoms with van der Waals surface area (Å²) in [6.45, 7) is 0. The summed E-state index contributed by atoms with van der Waals surface area (Å²) in [7, 11) is 0. The van der Waals surface area contributed by atoms with Gasteiger partial charge in [-0.25, -0.2) is 9.97 Å². The Balaban J connectivity index is 2.66. The summed E-state index contributed by atoms with van der Waals surface area (Å²) >= 11 is 5.37. The lowest BCUT2D eigenvalue weighted by Crippen LogP contribution is -2.11. The molecule has 2 rings (SSSR count). The molecule has 1 aromatic heterocycles. The minimum Gasteiger partial charge on any atom is -0.218 e. The zero-order chi connectivity index (χ0) is 15.8. The number of rotatable bonds is 1. The molecule has 2 nitrogen and oxygen atoms in total. The largest absolute Gasteiger partial charge is 0.433 e. The van der Waals surface area contributed by atoms with E-state index in [1.165, 1.54) is 6.07 Å². The second kappa shape index (κ2) is 5.18.